The molecule has 0 saturated heterocycles. The number of benzene rings is 2. The Kier molecular flexibility index (Phi) is 6.55. The van der Waals surface area contributed by atoms with Gasteiger partial charge >= 0.3 is 0 Å². The van der Waals surface area contributed by atoms with Gasteiger partial charge < -0.3 is 10.6 Å². The maximum absolute atomic E-state index is 12.1. The van der Waals surface area contributed by atoms with Gasteiger partial charge in [0, 0.05) is 16.9 Å². The molecule has 0 aliphatic heterocycles. The number of aryl methyl sites for hydroxylation is 1. The number of carbonyl (C=O) groups is 2. The van der Waals surface area contributed by atoms with E-state index in [9.17, 15) is 9.59 Å². The van der Waals surface area contributed by atoms with E-state index in [0.29, 0.717) is 11.3 Å². The Labute approximate surface area is 143 Å². The predicted octanol–water partition coefficient (Wildman–Crippen LogP) is 4.28. The van der Waals surface area contributed by atoms with Crippen molar-refractivity contribution in [3.8, 4) is 0 Å². The highest BCUT2D eigenvalue weighted by Gasteiger charge is 2.08. The molecule has 24 heavy (non-hydrogen) atoms. The summed E-state index contributed by atoms with van der Waals surface area (Å²) < 4.78 is 0. The quantitative estimate of drug-likeness (QED) is 0.712. The minimum Gasteiger partial charge on any atom is -0.376 e. The summed E-state index contributed by atoms with van der Waals surface area (Å²) >= 11 is 0. The van der Waals surface area contributed by atoms with Crippen LogP contribution in [0.4, 0.5) is 11.4 Å². The zero-order valence-electron chi connectivity index (χ0n) is 14.3. The van der Waals surface area contributed by atoms with Crippen LogP contribution in [-0.2, 0) is 11.2 Å². The van der Waals surface area contributed by atoms with Gasteiger partial charge in [-0.25, -0.2) is 0 Å². The van der Waals surface area contributed by atoms with Crippen molar-refractivity contribution in [1.82, 2.24) is 0 Å². The van der Waals surface area contributed by atoms with Crippen LogP contribution >= 0.6 is 0 Å². The second-order valence-corrected chi connectivity index (χ2v) is 5.80. The summed E-state index contributed by atoms with van der Waals surface area (Å²) in [5.41, 5.74) is 3.32. The zero-order chi connectivity index (χ0) is 17.4. The van der Waals surface area contributed by atoms with E-state index in [-0.39, 0.29) is 18.2 Å². The number of hydrogen-bond donors (Lipinski definition) is 2. The number of rotatable bonds is 8. The summed E-state index contributed by atoms with van der Waals surface area (Å²) in [6.07, 6.45) is 3.41. The van der Waals surface area contributed by atoms with Gasteiger partial charge in [0.25, 0.3) is 0 Å². The molecule has 0 aliphatic carbocycles. The lowest BCUT2D eigenvalue weighted by molar-refractivity contribution is -0.114. The van der Waals surface area contributed by atoms with Gasteiger partial charge in [-0.05, 0) is 49.6 Å². The molecule has 0 atom stereocenters. The van der Waals surface area contributed by atoms with Gasteiger partial charge in [-0.3, -0.25) is 9.59 Å². The molecule has 2 aromatic rings. The van der Waals surface area contributed by atoms with Crippen LogP contribution in [-0.4, -0.2) is 18.2 Å². The van der Waals surface area contributed by atoms with Gasteiger partial charge in [-0.2, -0.15) is 0 Å². The van der Waals surface area contributed by atoms with Crippen LogP contribution in [0.15, 0.2) is 48.5 Å². The Morgan fingerprint density at radius 1 is 1.00 bits per heavy atom. The Bertz CT molecular complexity index is 693. The highest BCUT2D eigenvalue weighted by atomic mass is 16.2. The van der Waals surface area contributed by atoms with Gasteiger partial charge in [0.15, 0.2) is 5.78 Å². The molecule has 0 radical (unpaired) electrons. The predicted molar refractivity (Wildman–Crippen MR) is 98.6 cm³/mol. The Morgan fingerprint density at radius 3 is 2.38 bits per heavy atom. The standard InChI is InChI=1S/C20H24N2O2/c1-3-4-7-16-10-12-17(13-11-16)22-20(24)14-21-19-9-6-5-8-18(19)15(2)23/h5-6,8-13,21H,3-4,7,14H2,1-2H3,(H,22,24). The Balaban J connectivity index is 1.88. The van der Waals surface area contributed by atoms with Crippen molar-refractivity contribution in [3.63, 3.8) is 0 Å². The molecule has 0 heterocycles. The van der Waals surface area contributed by atoms with Crippen molar-refractivity contribution in [3.05, 3.63) is 59.7 Å². The van der Waals surface area contributed by atoms with E-state index in [2.05, 4.69) is 17.6 Å². The van der Waals surface area contributed by atoms with Crippen LogP contribution in [0, 0.1) is 0 Å². The highest BCUT2D eigenvalue weighted by molar-refractivity contribution is 6.00. The SMILES string of the molecule is CCCCc1ccc(NC(=O)CNc2ccccc2C(C)=O)cc1. The summed E-state index contributed by atoms with van der Waals surface area (Å²) in [5.74, 6) is -0.171. The van der Waals surface area contributed by atoms with E-state index < -0.39 is 0 Å². The lowest BCUT2D eigenvalue weighted by atomic mass is 10.1. The highest BCUT2D eigenvalue weighted by Crippen LogP contribution is 2.15. The maximum Gasteiger partial charge on any atom is 0.243 e. The summed E-state index contributed by atoms with van der Waals surface area (Å²) in [4.78, 5) is 23.6. The molecule has 1 amide bonds. The minimum absolute atomic E-state index is 0.0267. The van der Waals surface area contributed by atoms with Gasteiger partial charge in [0.05, 0.1) is 6.54 Å². The van der Waals surface area contributed by atoms with Gasteiger partial charge in [0.1, 0.15) is 0 Å². The van der Waals surface area contributed by atoms with Crippen LogP contribution in [0.5, 0.6) is 0 Å². The van der Waals surface area contributed by atoms with Crippen LogP contribution < -0.4 is 10.6 Å². The molecule has 0 unspecified atom stereocenters. The van der Waals surface area contributed by atoms with Crippen LogP contribution in [0.3, 0.4) is 0 Å². The number of unbranched alkanes of at least 4 members (excludes halogenated alkanes) is 1. The number of ketones is 1. The summed E-state index contributed by atoms with van der Waals surface area (Å²) in [5, 5.41) is 5.88. The topological polar surface area (TPSA) is 58.2 Å². The van der Waals surface area contributed by atoms with Crippen molar-refractivity contribution in [2.75, 3.05) is 17.2 Å². The van der Waals surface area contributed by atoms with Gasteiger partial charge in [0.2, 0.25) is 5.91 Å². The second-order valence-electron chi connectivity index (χ2n) is 5.80. The third-order valence-corrected chi connectivity index (χ3v) is 3.80. The third kappa shape index (κ3) is 5.23. The van der Waals surface area contributed by atoms with Gasteiger partial charge in [-0.15, -0.1) is 0 Å². The first-order chi connectivity index (χ1) is 11.6. The second kappa shape index (κ2) is 8.87. The molecule has 0 aromatic heterocycles. The average Bonchev–Trinajstić information content (AvgIpc) is 2.59. The lowest BCUT2D eigenvalue weighted by Crippen LogP contribution is -2.22. The Hall–Kier alpha value is -2.62. The number of anilines is 2. The van der Waals surface area contributed by atoms with E-state index in [1.807, 2.05) is 36.4 Å². The van der Waals surface area contributed by atoms with Crippen molar-refractivity contribution in [2.45, 2.75) is 33.1 Å². The molecule has 4 nitrogen and oxygen atoms in total. The normalized spacial score (nSPS) is 10.2. The largest absolute Gasteiger partial charge is 0.376 e. The van der Waals surface area contributed by atoms with Crippen LogP contribution in [0.1, 0.15) is 42.6 Å². The monoisotopic (exact) mass is 324 g/mol. The smallest absolute Gasteiger partial charge is 0.243 e. The van der Waals surface area contributed by atoms with E-state index in [0.717, 1.165) is 12.1 Å². The number of Topliss-reactive ketones (excluding diaryl/α,β-unsaturated/α-hetero) is 1. The molecule has 2 N–H and O–H groups in total. The molecule has 4 heteroatoms. The number of para-hydroxylation sites is 1. The van der Waals surface area contributed by atoms with Crippen LogP contribution in [0.25, 0.3) is 0 Å². The molecular formula is C20H24N2O2. The molecule has 2 aromatic carbocycles. The van der Waals surface area contributed by atoms with Crippen molar-refractivity contribution in [1.29, 1.82) is 0 Å². The first kappa shape index (κ1) is 17.7. The number of hydrogen-bond acceptors (Lipinski definition) is 3. The first-order valence-electron chi connectivity index (χ1n) is 8.32. The van der Waals surface area contributed by atoms with Gasteiger partial charge in [-0.1, -0.05) is 37.6 Å². The fourth-order valence-electron chi connectivity index (χ4n) is 2.46. The average molecular weight is 324 g/mol. The molecule has 0 spiro atoms. The van der Waals surface area contributed by atoms with Crippen molar-refractivity contribution >= 4 is 23.1 Å². The van der Waals surface area contributed by atoms with Crippen molar-refractivity contribution in [2.24, 2.45) is 0 Å². The van der Waals surface area contributed by atoms with E-state index in [4.69, 9.17) is 0 Å². The summed E-state index contributed by atoms with van der Waals surface area (Å²) in [6, 6.07) is 15.1. The third-order valence-electron chi connectivity index (χ3n) is 3.80. The number of amides is 1. The molecule has 2 rings (SSSR count). The minimum atomic E-state index is -0.144. The lowest BCUT2D eigenvalue weighted by Gasteiger charge is -2.11. The zero-order valence-corrected chi connectivity index (χ0v) is 14.3. The molecule has 0 saturated carbocycles. The summed E-state index contributed by atoms with van der Waals surface area (Å²) in [7, 11) is 0. The number of nitrogens with one attached hydrogen (secondary N) is 2. The fraction of sp³-hybridized carbons (Fsp3) is 0.300. The fourth-order valence-corrected chi connectivity index (χ4v) is 2.46. The molecule has 0 fully saturated rings. The number of carbonyl (C=O) groups excluding carboxylic acids is 2. The molecule has 0 aliphatic rings. The Morgan fingerprint density at radius 2 is 1.71 bits per heavy atom. The molecular weight excluding hydrogens is 300 g/mol. The molecule has 126 valence electrons. The maximum atomic E-state index is 12.1. The van der Waals surface area contributed by atoms with E-state index in [1.54, 1.807) is 12.1 Å². The van der Waals surface area contributed by atoms with E-state index in [1.165, 1.54) is 25.3 Å². The van der Waals surface area contributed by atoms with Crippen molar-refractivity contribution < 1.29 is 9.59 Å². The van der Waals surface area contributed by atoms with Crippen LogP contribution in [0.2, 0.25) is 0 Å². The van der Waals surface area contributed by atoms with E-state index >= 15 is 0 Å². The molecule has 0 bridgehead atoms. The first-order valence-corrected chi connectivity index (χ1v) is 8.32. The summed E-state index contributed by atoms with van der Waals surface area (Å²) in [6.45, 7) is 3.80.